The molecule has 4 rings (SSSR count). The summed E-state index contributed by atoms with van der Waals surface area (Å²) in [5.74, 6) is 0.433. The monoisotopic (exact) mass is 336 g/mol. The van der Waals surface area contributed by atoms with Crippen molar-refractivity contribution >= 4 is 22.9 Å². The molecule has 0 bridgehead atoms. The van der Waals surface area contributed by atoms with E-state index in [1.54, 1.807) is 0 Å². The van der Waals surface area contributed by atoms with Crippen molar-refractivity contribution in [3.8, 4) is 5.69 Å². The molecule has 1 fully saturated rings. The number of hydrogen-bond acceptors (Lipinski definition) is 4. The molecule has 25 heavy (non-hydrogen) atoms. The number of imidazole rings is 1. The predicted molar refractivity (Wildman–Crippen MR) is 96.9 cm³/mol. The van der Waals surface area contributed by atoms with E-state index in [9.17, 15) is 4.79 Å². The lowest BCUT2D eigenvalue weighted by atomic mass is 10.2. The molecule has 1 amide bonds. The normalized spacial score (nSPS) is 14.4. The molecule has 0 atom stereocenters. The third-order valence-corrected chi connectivity index (χ3v) is 4.25. The second kappa shape index (κ2) is 7.04. The number of fused-ring (bicyclic) bond motifs is 1. The molecule has 6 heteroatoms. The van der Waals surface area contributed by atoms with E-state index in [4.69, 9.17) is 4.74 Å². The Labute approximate surface area is 145 Å². The summed E-state index contributed by atoms with van der Waals surface area (Å²) in [7, 11) is 0. The van der Waals surface area contributed by atoms with Gasteiger partial charge in [0.05, 0.1) is 30.2 Å². The fraction of sp³-hybridized carbons (Fsp3) is 0.263. The number of benzene rings is 2. The number of carbonyl (C=O) groups is 1. The Kier molecular flexibility index (Phi) is 4.45. The highest BCUT2D eigenvalue weighted by Crippen LogP contribution is 2.24. The van der Waals surface area contributed by atoms with E-state index in [-0.39, 0.29) is 12.0 Å². The van der Waals surface area contributed by atoms with Gasteiger partial charge in [-0.1, -0.05) is 30.3 Å². The Morgan fingerprint density at radius 1 is 1.16 bits per heavy atom. The lowest BCUT2D eigenvalue weighted by Gasteiger charge is -2.26. The average molecular weight is 336 g/mol. The van der Waals surface area contributed by atoms with Crippen LogP contribution in [0.2, 0.25) is 0 Å². The quantitative estimate of drug-likeness (QED) is 0.725. The number of hydrogen-bond donors (Lipinski definition) is 2. The Bertz CT molecular complexity index is 872. The third kappa shape index (κ3) is 3.40. The second-order valence-electron chi connectivity index (χ2n) is 6.04. The van der Waals surface area contributed by atoms with Crippen molar-refractivity contribution in [1.82, 2.24) is 14.9 Å². The number of aromatic nitrogens is 2. The summed E-state index contributed by atoms with van der Waals surface area (Å²) >= 11 is 0. The Hall–Kier alpha value is -2.70. The van der Waals surface area contributed by atoms with Crippen molar-refractivity contribution in [3.63, 3.8) is 0 Å². The van der Waals surface area contributed by atoms with Crippen LogP contribution >= 0.6 is 0 Å². The number of rotatable bonds is 6. The van der Waals surface area contributed by atoms with Crippen LogP contribution in [0.25, 0.3) is 16.7 Å². The van der Waals surface area contributed by atoms with Gasteiger partial charge >= 0.3 is 0 Å². The van der Waals surface area contributed by atoms with Gasteiger partial charge in [0, 0.05) is 18.8 Å². The summed E-state index contributed by atoms with van der Waals surface area (Å²) in [5.41, 5.74) is 2.77. The molecule has 6 nitrogen and oxygen atoms in total. The van der Waals surface area contributed by atoms with Gasteiger partial charge in [-0.25, -0.2) is 4.98 Å². The van der Waals surface area contributed by atoms with E-state index in [1.165, 1.54) is 0 Å². The van der Waals surface area contributed by atoms with Crippen LogP contribution in [0.15, 0.2) is 54.6 Å². The van der Waals surface area contributed by atoms with E-state index >= 15 is 0 Å². The number of amides is 1. The van der Waals surface area contributed by atoms with Gasteiger partial charge in [0.2, 0.25) is 11.9 Å². The molecule has 128 valence electrons. The standard InChI is InChI=1S/C19H20N4O2/c24-18(10-11-25-15-12-20-13-15)22-19-21-16-8-4-5-9-17(16)23(19)14-6-2-1-3-7-14/h1-9,15,20H,10-13H2,(H,21,22,24). The molecule has 0 radical (unpaired) electrons. The highest BCUT2D eigenvalue weighted by Gasteiger charge is 2.18. The first-order chi connectivity index (χ1) is 12.3. The zero-order chi connectivity index (χ0) is 17.1. The van der Waals surface area contributed by atoms with Crippen LogP contribution in [0.3, 0.4) is 0 Å². The van der Waals surface area contributed by atoms with Crippen LogP contribution in [0.4, 0.5) is 5.95 Å². The van der Waals surface area contributed by atoms with Gasteiger partial charge in [0.25, 0.3) is 0 Å². The Morgan fingerprint density at radius 3 is 2.68 bits per heavy atom. The molecule has 1 aliphatic rings. The molecule has 2 heterocycles. The van der Waals surface area contributed by atoms with Crippen LogP contribution in [-0.2, 0) is 9.53 Å². The highest BCUT2D eigenvalue weighted by atomic mass is 16.5. The van der Waals surface area contributed by atoms with E-state index in [2.05, 4.69) is 15.6 Å². The number of carbonyl (C=O) groups excluding carboxylic acids is 1. The first-order valence-electron chi connectivity index (χ1n) is 8.46. The molecule has 1 aliphatic heterocycles. The van der Waals surface area contributed by atoms with Gasteiger partial charge < -0.3 is 10.1 Å². The van der Waals surface area contributed by atoms with E-state index in [1.807, 2.05) is 59.2 Å². The molecular formula is C19H20N4O2. The molecule has 1 aromatic heterocycles. The lowest BCUT2D eigenvalue weighted by molar-refractivity contribution is -0.118. The summed E-state index contributed by atoms with van der Waals surface area (Å²) < 4.78 is 7.57. The van der Waals surface area contributed by atoms with E-state index in [0.717, 1.165) is 29.8 Å². The van der Waals surface area contributed by atoms with Gasteiger partial charge in [-0.3, -0.25) is 14.7 Å². The largest absolute Gasteiger partial charge is 0.375 e. The van der Waals surface area contributed by atoms with Gasteiger partial charge in [0.1, 0.15) is 0 Å². The number of anilines is 1. The zero-order valence-corrected chi connectivity index (χ0v) is 13.8. The zero-order valence-electron chi connectivity index (χ0n) is 13.8. The van der Waals surface area contributed by atoms with Crippen LogP contribution in [0.5, 0.6) is 0 Å². The number of nitrogens with zero attached hydrogens (tertiary/aromatic N) is 2. The maximum absolute atomic E-state index is 12.3. The second-order valence-corrected chi connectivity index (χ2v) is 6.04. The molecule has 0 unspecified atom stereocenters. The molecular weight excluding hydrogens is 316 g/mol. The van der Waals surface area contributed by atoms with Crippen LogP contribution in [0, 0.1) is 0 Å². The van der Waals surface area contributed by atoms with Gasteiger partial charge in [-0.05, 0) is 24.3 Å². The molecule has 2 aromatic carbocycles. The molecule has 0 aliphatic carbocycles. The van der Waals surface area contributed by atoms with Crippen molar-refractivity contribution in [3.05, 3.63) is 54.6 Å². The van der Waals surface area contributed by atoms with E-state index in [0.29, 0.717) is 19.0 Å². The van der Waals surface area contributed by atoms with Crippen molar-refractivity contribution in [1.29, 1.82) is 0 Å². The minimum Gasteiger partial charge on any atom is -0.375 e. The minimum atomic E-state index is -0.0974. The summed E-state index contributed by atoms with van der Waals surface area (Å²) in [6, 6.07) is 17.7. The van der Waals surface area contributed by atoms with Crippen LogP contribution in [0.1, 0.15) is 6.42 Å². The fourth-order valence-corrected chi connectivity index (χ4v) is 2.83. The summed E-state index contributed by atoms with van der Waals surface area (Å²) in [4.78, 5) is 16.9. The first kappa shape index (κ1) is 15.8. The van der Waals surface area contributed by atoms with Gasteiger partial charge in [0.15, 0.2) is 0 Å². The number of para-hydroxylation sites is 3. The maximum Gasteiger partial charge on any atom is 0.229 e. The Balaban J connectivity index is 1.55. The van der Waals surface area contributed by atoms with Gasteiger partial charge in [-0.2, -0.15) is 0 Å². The summed E-state index contributed by atoms with van der Waals surface area (Å²) in [6.45, 7) is 2.15. The molecule has 3 aromatic rings. The number of nitrogens with one attached hydrogen (secondary N) is 2. The van der Waals surface area contributed by atoms with Crippen LogP contribution < -0.4 is 10.6 Å². The van der Waals surface area contributed by atoms with Crippen molar-refractivity contribution < 1.29 is 9.53 Å². The molecule has 0 saturated carbocycles. The van der Waals surface area contributed by atoms with Gasteiger partial charge in [-0.15, -0.1) is 0 Å². The minimum absolute atomic E-state index is 0.0974. The Morgan fingerprint density at radius 2 is 1.92 bits per heavy atom. The topological polar surface area (TPSA) is 68.2 Å². The van der Waals surface area contributed by atoms with E-state index < -0.39 is 0 Å². The first-order valence-corrected chi connectivity index (χ1v) is 8.46. The van der Waals surface area contributed by atoms with Crippen molar-refractivity contribution in [2.75, 3.05) is 25.0 Å². The molecule has 0 spiro atoms. The fourth-order valence-electron chi connectivity index (χ4n) is 2.83. The maximum atomic E-state index is 12.3. The van der Waals surface area contributed by atoms with Crippen molar-refractivity contribution in [2.45, 2.75) is 12.5 Å². The van der Waals surface area contributed by atoms with Crippen molar-refractivity contribution in [2.24, 2.45) is 0 Å². The SMILES string of the molecule is O=C(CCOC1CNC1)Nc1nc2ccccc2n1-c1ccccc1. The third-order valence-electron chi connectivity index (χ3n) is 4.25. The highest BCUT2D eigenvalue weighted by molar-refractivity contribution is 5.92. The summed E-state index contributed by atoms with van der Waals surface area (Å²) in [5, 5.41) is 6.07. The average Bonchev–Trinajstić information content (AvgIpc) is 2.95. The summed E-state index contributed by atoms with van der Waals surface area (Å²) in [6.07, 6.45) is 0.552. The molecule has 1 saturated heterocycles. The number of ether oxygens (including phenoxy) is 1. The smallest absolute Gasteiger partial charge is 0.229 e. The van der Waals surface area contributed by atoms with Crippen LogP contribution in [-0.4, -0.2) is 41.3 Å². The predicted octanol–water partition coefficient (Wildman–Crippen LogP) is 2.34. The molecule has 2 N–H and O–H groups in total. The lowest BCUT2D eigenvalue weighted by Crippen LogP contribution is -2.48.